The molecule has 0 spiro atoms. The quantitative estimate of drug-likeness (QED) is 0.875. The zero-order valence-corrected chi connectivity index (χ0v) is 9.76. The maximum Gasteiger partial charge on any atom is 0.310 e. The SMILES string of the molecule is CCCC(C(=O)O)c1cccc2ncccc12. The molecule has 0 aliphatic rings. The van der Waals surface area contributed by atoms with Gasteiger partial charge in [0.15, 0.2) is 0 Å². The average Bonchev–Trinajstić information content (AvgIpc) is 2.35. The van der Waals surface area contributed by atoms with Crippen LogP contribution in [0.4, 0.5) is 0 Å². The van der Waals surface area contributed by atoms with E-state index < -0.39 is 11.9 Å². The van der Waals surface area contributed by atoms with Crippen molar-refractivity contribution in [1.29, 1.82) is 0 Å². The number of aliphatic carboxylic acids is 1. The summed E-state index contributed by atoms with van der Waals surface area (Å²) in [5, 5.41) is 10.2. The molecule has 0 saturated heterocycles. The highest BCUT2D eigenvalue weighted by molar-refractivity contribution is 5.88. The van der Waals surface area contributed by atoms with E-state index in [1.807, 2.05) is 37.3 Å². The van der Waals surface area contributed by atoms with Gasteiger partial charge in [0, 0.05) is 11.6 Å². The average molecular weight is 229 g/mol. The van der Waals surface area contributed by atoms with Crippen molar-refractivity contribution in [3.63, 3.8) is 0 Å². The van der Waals surface area contributed by atoms with Crippen LogP contribution in [0, 0.1) is 0 Å². The number of pyridine rings is 1. The second kappa shape index (κ2) is 4.95. The molecule has 1 aromatic carbocycles. The number of carboxylic acids is 1. The van der Waals surface area contributed by atoms with Crippen molar-refractivity contribution >= 4 is 16.9 Å². The van der Waals surface area contributed by atoms with Gasteiger partial charge >= 0.3 is 5.97 Å². The summed E-state index contributed by atoms with van der Waals surface area (Å²) in [6.45, 7) is 2.00. The van der Waals surface area contributed by atoms with Gasteiger partial charge in [-0.25, -0.2) is 0 Å². The van der Waals surface area contributed by atoms with Gasteiger partial charge in [-0.1, -0.05) is 31.5 Å². The molecule has 1 heterocycles. The first-order chi connectivity index (χ1) is 8.24. The molecule has 3 heteroatoms. The molecule has 0 radical (unpaired) electrons. The van der Waals surface area contributed by atoms with Crippen LogP contribution in [0.5, 0.6) is 0 Å². The Hall–Kier alpha value is -1.90. The smallest absolute Gasteiger partial charge is 0.310 e. The van der Waals surface area contributed by atoms with Crippen LogP contribution in [0.1, 0.15) is 31.2 Å². The number of aromatic nitrogens is 1. The number of carbonyl (C=O) groups is 1. The molecule has 88 valence electrons. The fourth-order valence-corrected chi connectivity index (χ4v) is 2.13. The predicted molar refractivity (Wildman–Crippen MR) is 67.0 cm³/mol. The molecule has 1 aromatic heterocycles. The summed E-state index contributed by atoms with van der Waals surface area (Å²) in [5.74, 6) is -1.20. The lowest BCUT2D eigenvalue weighted by Gasteiger charge is -2.13. The van der Waals surface area contributed by atoms with Crippen LogP contribution in [0.3, 0.4) is 0 Å². The first-order valence-corrected chi connectivity index (χ1v) is 5.80. The summed E-state index contributed by atoms with van der Waals surface area (Å²) in [6.07, 6.45) is 3.23. The highest BCUT2D eigenvalue weighted by Gasteiger charge is 2.20. The van der Waals surface area contributed by atoms with Crippen LogP contribution < -0.4 is 0 Å². The van der Waals surface area contributed by atoms with Crippen LogP contribution in [0.15, 0.2) is 36.5 Å². The van der Waals surface area contributed by atoms with Crippen molar-refractivity contribution in [1.82, 2.24) is 4.98 Å². The maximum absolute atomic E-state index is 11.3. The van der Waals surface area contributed by atoms with Gasteiger partial charge in [-0.2, -0.15) is 0 Å². The van der Waals surface area contributed by atoms with Crippen LogP contribution in [0.2, 0.25) is 0 Å². The molecule has 0 aliphatic carbocycles. The van der Waals surface area contributed by atoms with Crippen molar-refractivity contribution in [3.05, 3.63) is 42.1 Å². The Balaban J connectivity index is 2.56. The summed E-state index contributed by atoms with van der Waals surface area (Å²) >= 11 is 0. The molecule has 3 nitrogen and oxygen atoms in total. The van der Waals surface area contributed by atoms with Gasteiger partial charge < -0.3 is 5.11 Å². The topological polar surface area (TPSA) is 50.2 Å². The molecular weight excluding hydrogens is 214 g/mol. The molecule has 0 amide bonds. The Labute approximate surface area is 100 Å². The van der Waals surface area contributed by atoms with Gasteiger partial charge in [-0.15, -0.1) is 0 Å². The lowest BCUT2D eigenvalue weighted by Crippen LogP contribution is -2.11. The molecule has 0 bridgehead atoms. The Kier molecular flexibility index (Phi) is 3.38. The van der Waals surface area contributed by atoms with E-state index in [4.69, 9.17) is 0 Å². The lowest BCUT2D eigenvalue weighted by molar-refractivity contribution is -0.138. The van der Waals surface area contributed by atoms with Gasteiger partial charge in [-0.3, -0.25) is 9.78 Å². The fraction of sp³-hybridized carbons (Fsp3) is 0.286. The van der Waals surface area contributed by atoms with E-state index in [9.17, 15) is 9.90 Å². The maximum atomic E-state index is 11.3. The molecule has 1 N–H and O–H groups in total. The Bertz CT molecular complexity index is 531. The van der Waals surface area contributed by atoms with E-state index in [1.54, 1.807) is 6.20 Å². The van der Waals surface area contributed by atoms with Crippen LogP contribution in [0.25, 0.3) is 10.9 Å². The molecule has 1 unspecified atom stereocenters. The Morgan fingerprint density at radius 1 is 1.35 bits per heavy atom. The highest BCUT2D eigenvalue weighted by Crippen LogP contribution is 2.28. The van der Waals surface area contributed by atoms with Crippen molar-refractivity contribution in [2.24, 2.45) is 0 Å². The molecule has 0 aliphatic heterocycles. The molecular formula is C14H15NO2. The summed E-state index contributed by atoms with van der Waals surface area (Å²) < 4.78 is 0. The van der Waals surface area contributed by atoms with E-state index >= 15 is 0 Å². The van der Waals surface area contributed by atoms with Crippen LogP contribution in [-0.4, -0.2) is 16.1 Å². The first kappa shape index (κ1) is 11.6. The van der Waals surface area contributed by atoms with E-state index in [0.29, 0.717) is 6.42 Å². The molecule has 17 heavy (non-hydrogen) atoms. The minimum Gasteiger partial charge on any atom is -0.481 e. The number of hydrogen-bond acceptors (Lipinski definition) is 2. The fourth-order valence-electron chi connectivity index (χ4n) is 2.13. The van der Waals surface area contributed by atoms with Gasteiger partial charge in [0.05, 0.1) is 11.4 Å². The zero-order valence-electron chi connectivity index (χ0n) is 9.76. The van der Waals surface area contributed by atoms with Crippen molar-refractivity contribution in [2.75, 3.05) is 0 Å². The van der Waals surface area contributed by atoms with E-state index in [0.717, 1.165) is 22.9 Å². The molecule has 1 atom stereocenters. The van der Waals surface area contributed by atoms with Crippen molar-refractivity contribution < 1.29 is 9.90 Å². The van der Waals surface area contributed by atoms with Gasteiger partial charge in [-0.05, 0) is 24.1 Å². The zero-order chi connectivity index (χ0) is 12.3. The minimum atomic E-state index is -0.761. The van der Waals surface area contributed by atoms with E-state index in [-0.39, 0.29) is 0 Å². The summed E-state index contributed by atoms with van der Waals surface area (Å²) in [5.41, 5.74) is 1.72. The van der Waals surface area contributed by atoms with Gasteiger partial charge in [0.2, 0.25) is 0 Å². The summed E-state index contributed by atoms with van der Waals surface area (Å²) in [6, 6.07) is 9.44. The number of hydrogen-bond donors (Lipinski definition) is 1. The standard InChI is InChI=1S/C14H15NO2/c1-2-5-12(14(16)17)10-6-3-8-13-11(10)7-4-9-15-13/h3-4,6-9,12H,2,5H2,1H3,(H,16,17). The number of benzene rings is 1. The molecule has 0 saturated carbocycles. The number of nitrogens with zero attached hydrogens (tertiary/aromatic N) is 1. The largest absolute Gasteiger partial charge is 0.481 e. The van der Waals surface area contributed by atoms with Gasteiger partial charge in [0.25, 0.3) is 0 Å². The Morgan fingerprint density at radius 2 is 2.18 bits per heavy atom. The van der Waals surface area contributed by atoms with E-state index in [2.05, 4.69) is 4.98 Å². The van der Waals surface area contributed by atoms with Gasteiger partial charge in [0.1, 0.15) is 0 Å². The van der Waals surface area contributed by atoms with Crippen molar-refractivity contribution in [2.45, 2.75) is 25.7 Å². The highest BCUT2D eigenvalue weighted by atomic mass is 16.4. The third-order valence-corrected chi connectivity index (χ3v) is 2.93. The molecule has 2 aromatic rings. The number of fused-ring (bicyclic) bond motifs is 1. The van der Waals surface area contributed by atoms with Crippen LogP contribution >= 0.6 is 0 Å². The normalized spacial score (nSPS) is 12.5. The monoisotopic (exact) mass is 229 g/mol. The number of rotatable bonds is 4. The second-order valence-corrected chi connectivity index (χ2v) is 4.10. The first-order valence-electron chi connectivity index (χ1n) is 5.80. The van der Waals surface area contributed by atoms with Crippen molar-refractivity contribution in [3.8, 4) is 0 Å². The second-order valence-electron chi connectivity index (χ2n) is 4.10. The predicted octanol–water partition coefficient (Wildman–Crippen LogP) is 3.20. The number of carboxylic acid groups (broad SMARTS) is 1. The molecule has 0 fully saturated rings. The third kappa shape index (κ3) is 2.28. The van der Waals surface area contributed by atoms with Crippen LogP contribution in [-0.2, 0) is 4.79 Å². The molecule has 2 rings (SSSR count). The summed E-state index contributed by atoms with van der Waals surface area (Å²) in [7, 11) is 0. The van der Waals surface area contributed by atoms with E-state index in [1.165, 1.54) is 0 Å². The lowest BCUT2D eigenvalue weighted by atomic mass is 9.91. The third-order valence-electron chi connectivity index (χ3n) is 2.93. The minimum absolute atomic E-state index is 0.437. The Morgan fingerprint density at radius 3 is 2.88 bits per heavy atom. The summed E-state index contributed by atoms with van der Waals surface area (Å²) in [4.78, 5) is 15.6.